The molecule has 0 aliphatic heterocycles. The molecule has 0 unspecified atom stereocenters. The number of hydrogen-bond acceptors (Lipinski definition) is 2. The van der Waals surface area contributed by atoms with Crippen molar-refractivity contribution in [2.45, 2.75) is 6.42 Å². The summed E-state index contributed by atoms with van der Waals surface area (Å²) in [5.41, 5.74) is 0.113. The minimum atomic E-state index is -0.926. The summed E-state index contributed by atoms with van der Waals surface area (Å²) >= 11 is 0. The maximum Gasteiger partial charge on any atom is 0.162 e. The van der Waals surface area contributed by atoms with Crippen LogP contribution in [0.1, 0.15) is 5.56 Å². The molecule has 4 heteroatoms. The van der Waals surface area contributed by atoms with E-state index in [0.717, 1.165) is 6.07 Å². The summed E-state index contributed by atoms with van der Waals surface area (Å²) < 4.78 is 26.0. The first-order chi connectivity index (χ1) is 7.00. The SMILES string of the molecule is CN(C)CC(=O)Cc1cccc(F)c1F. The number of hydrogen-bond donors (Lipinski definition) is 0. The van der Waals surface area contributed by atoms with E-state index in [2.05, 4.69) is 0 Å². The molecular formula is C11H13F2NO. The van der Waals surface area contributed by atoms with Gasteiger partial charge in [0.1, 0.15) is 0 Å². The van der Waals surface area contributed by atoms with Gasteiger partial charge in [0.15, 0.2) is 17.4 Å². The number of carbonyl (C=O) groups excluding carboxylic acids is 1. The third kappa shape index (κ3) is 3.40. The minimum Gasteiger partial charge on any atom is -0.302 e. The van der Waals surface area contributed by atoms with E-state index in [-0.39, 0.29) is 24.3 Å². The largest absolute Gasteiger partial charge is 0.302 e. The topological polar surface area (TPSA) is 20.3 Å². The Morgan fingerprint density at radius 3 is 2.60 bits per heavy atom. The highest BCUT2D eigenvalue weighted by Gasteiger charge is 2.11. The zero-order valence-electron chi connectivity index (χ0n) is 8.76. The number of halogens is 2. The van der Waals surface area contributed by atoms with Gasteiger partial charge in [0.2, 0.25) is 0 Å². The fourth-order valence-corrected chi connectivity index (χ4v) is 1.31. The molecule has 0 amide bonds. The molecule has 0 heterocycles. The van der Waals surface area contributed by atoms with Crippen LogP contribution in [0.25, 0.3) is 0 Å². The molecule has 0 fully saturated rings. The zero-order valence-corrected chi connectivity index (χ0v) is 8.76. The number of ketones is 1. The fourth-order valence-electron chi connectivity index (χ4n) is 1.31. The molecule has 0 saturated carbocycles. The van der Waals surface area contributed by atoms with Gasteiger partial charge < -0.3 is 4.90 Å². The zero-order chi connectivity index (χ0) is 11.4. The lowest BCUT2D eigenvalue weighted by atomic mass is 10.1. The van der Waals surface area contributed by atoms with Gasteiger partial charge in [0.05, 0.1) is 6.54 Å². The Morgan fingerprint density at radius 2 is 2.00 bits per heavy atom. The smallest absolute Gasteiger partial charge is 0.162 e. The quantitative estimate of drug-likeness (QED) is 0.757. The van der Waals surface area contributed by atoms with Crippen molar-refractivity contribution in [2.75, 3.05) is 20.6 Å². The van der Waals surface area contributed by atoms with Crippen LogP contribution in [0.15, 0.2) is 18.2 Å². The fraction of sp³-hybridized carbons (Fsp3) is 0.364. The molecule has 1 aromatic carbocycles. The van der Waals surface area contributed by atoms with Crippen molar-refractivity contribution in [1.29, 1.82) is 0 Å². The van der Waals surface area contributed by atoms with Crippen molar-refractivity contribution in [2.24, 2.45) is 0 Å². The number of nitrogens with zero attached hydrogens (tertiary/aromatic N) is 1. The average Bonchev–Trinajstić information content (AvgIpc) is 2.11. The van der Waals surface area contributed by atoms with E-state index in [4.69, 9.17) is 0 Å². The van der Waals surface area contributed by atoms with Crippen LogP contribution in [0.3, 0.4) is 0 Å². The van der Waals surface area contributed by atoms with Gasteiger partial charge in [-0.05, 0) is 25.7 Å². The first-order valence-corrected chi connectivity index (χ1v) is 4.60. The molecule has 0 radical (unpaired) electrons. The molecule has 15 heavy (non-hydrogen) atoms. The highest BCUT2D eigenvalue weighted by molar-refractivity contribution is 5.82. The summed E-state index contributed by atoms with van der Waals surface area (Å²) in [6.07, 6.45) is -0.0677. The van der Waals surface area contributed by atoms with Crippen LogP contribution in [-0.2, 0) is 11.2 Å². The van der Waals surface area contributed by atoms with Gasteiger partial charge >= 0.3 is 0 Å². The summed E-state index contributed by atoms with van der Waals surface area (Å²) in [6.45, 7) is 0.232. The van der Waals surface area contributed by atoms with Crippen LogP contribution in [-0.4, -0.2) is 31.3 Å². The summed E-state index contributed by atoms with van der Waals surface area (Å²) in [4.78, 5) is 13.0. The Balaban J connectivity index is 2.73. The lowest BCUT2D eigenvalue weighted by Crippen LogP contribution is -2.23. The molecule has 0 saturated heterocycles. The van der Waals surface area contributed by atoms with Crippen LogP contribution in [0.2, 0.25) is 0 Å². The van der Waals surface area contributed by atoms with Crippen LogP contribution in [0, 0.1) is 11.6 Å². The summed E-state index contributed by atoms with van der Waals surface area (Å²) in [7, 11) is 3.50. The number of carbonyl (C=O) groups is 1. The average molecular weight is 213 g/mol. The number of likely N-dealkylation sites (N-methyl/N-ethyl adjacent to an activating group) is 1. The molecule has 1 aromatic rings. The van der Waals surface area contributed by atoms with Gasteiger partial charge in [-0.15, -0.1) is 0 Å². The van der Waals surface area contributed by atoms with Crippen LogP contribution < -0.4 is 0 Å². The molecule has 0 bridgehead atoms. The molecule has 0 N–H and O–H groups in total. The van der Waals surface area contributed by atoms with Crippen molar-refractivity contribution in [3.8, 4) is 0 Å². The maximum absolute atomic E-state index is 13.2. The minimum absolute atomic E-state index is 0.0677. The Morgan fingerprint density at radius 1 is 1.33 bits per heavy atom. The Bertz CT molecular complexity index is 364. The van der Waals surface area contributed by atoms with Gasteiger partial charge in [0, 0.05) is 6.42 Å². The van der Waals surface area contributed by atoms with E-state index in [9.17, 15) is 13.6 Å². The molecule has 0 spiro atoms. The Labute approximate surface area is 87.5 Å². The molecule has 1 rings (SSSR count). The van der Waals surface area contributed by atoms with E-state index >= 15 is 0 Å². The predicted molar refractivity (Wildman–Crippen MR) is 53.6 cm³/mol. The van der Waals surface area contributed by atoms with E-state index < -0.39 is 11.6 Å². The lowest BCUT2D eigenvalue weighted by molar-refractivity contribution is -0.119. The Kier molecular flexibility index (Phi) is 3.91. The molecule has 82 valence electrons. The van der Waals surface area contributed by atoms with Gasteiger partial charge in [-0.25, -0.2) is 8.78 Å². The number of Topliss-reactive ketones (excluding diaryl/α,β-unsaturated/α-hetero) is 1. The molecule has 2 nitrogen and oxygen atoms in total. The predicted octanol–water partition coefficient (Wildman–Crippen LogP) is 1.64. The van der Waals surface area contributed by atoms with Crippen molar-refractivity contribution in [3.05, 3.63) is 35.4 Å². The van der Waals surface area contributed by atoms with Crippen molar-refractivity contribution in [1.82, 2.24) is 4.90 Å². The lowest BCUT2D eigenvalue weighted by Gasteiger charge is -2.08. The maximum atomic E-state index is 13.2. The van der Waals surface area contributed by atoms with Crippen LogP contribution >= 0.6 is 0 Å². The van der Waals surface area contributed by atoms with E-state index in [1.54, 1.807) is 19.0 Å². The second-order valence-electron chi connectivity index (χ2n) is 3.67. The number of rotatable bonds is 4. The van der Waals surface area contributed by atoms with Crippen LogP contribution in [0.4, 0.5) is 8.78 Å². The van der Waals surface area contributed by atoms with Gasteiger partial charge in [0.25, 0.3) is 0 Å². The standard InChI is InChI=1S/C11H13F2NO/c1-14(2)7-9(15)6-8-4-3-5-10(12)11(8)13/h3-5H,6-7H2,1-2H3. The third-order valence-corrected chi connectivity index (χ3v) is 1.91. The molecule has 0 aliphatic rings. The second-order valence-corrected chi connectivity index (χ2v) is 3.67. The highest BCUT2D eigenvalue weighted by atomic mass is 19.2. The first-order valence-electron chi connectivity index (χ1n) is 4.60. The molecular weight excluding hydrogens is 200 g/mol. The van der Waals surface area contributed by atoms with Gasteiger partial charge in [-0.2, -0.15) is 0 Å². The van der Waals surface area contributed by atoms with Gasteiger partial charge in [-0.1, -0.05) is 12.1 Å². The summed E-state index contributed by atoms with van der Waals surface area (Å²) in [6, 6.07) is 3.86. The van der Waals surface area contributed by atoms with E-state index in [0.29, 0.717) is 0 Å². The summed E-state index contributed by atoms with van der Waals surface area (Å²) in [5, 5.41) is 0. The van der Waals surface area contributed by atoms with Crippen LogP contribution in [0.5, 0.6) is 0 Å². The Hall–Kier alpha value is -1.29. The monoisotopic (exact) mass is 213 g/mol. The molecule has 0 atom stereocenters. The van der Waals surface area contributed by atoms with Gasteiger partial charge in [-0.3, -0.25) is 4.79 Å². The van der Waals surface area contributed by atoms with E-state index in [1.807, 2.05) is 0 Å². The van der Waals surface area contributed by atoms with Crippen molar-refractivity contribution in [3.63, 3.8) is 0 Å². The number of benzene rings is 1. The normalized spacial score (nSPS) is 10.7. The van der Waals surface area contributed by atoms with E-state index in [1.165, 1.54) is 12.1 Å². The third-order valence-electron chi connectivity index (χ3n) is 1.91. The van der Waals surface area contributed by atoms with Crippen molar-refractivity contribution < 1.29 is 13.6 Å². The van der Waals surface area contributed by atoms with Crippen molar-refractivity contribution >= 4 is 5.78 Å². The second kappa shape index (κ2) is 4.98. The molecule has 0 aliphatic carbocycles. The highest BCUT2D eigenvalue weighted by Crippen LogP contribution is 2.12. The molecule has 0 aromatic heterocycles. The first kappa shape index (κ1) is 11.8. The summed E-state index contributed by atoms with van der Waals surface area (Å²) in [5.74, 6) is -1.97.